The minimum Gasteiger partial charge on any atom is -0.322 e. The number of amides is 2. The quantitative estimate of drug-likeness (QED) is 0.238. The summed E-state index contributed by atoms with van der Waals surface area (Å²) in [6.07, 6.45) is 4.00. The van der Waals surface area contributed by atoms with Gasteiger partial charge in [-0.1, -0.05) is 6.07 Å². The van der Waals surface area contributed by atoms with Gasteiger partial charge in [0.05, 0.1) is 15.7 Å². The number of nitrogens with zero attached hydrogens (tertiary/aromatic N) is 2. The van der Waals surface area contributed by atoms with Crippen LogP contribution in [0.15, 0.2) is 53.4 Å². The van der Waals surface area contributed by atoms with Crippen molar-refractivity contribution in [2.24, 2.45) is 0 Å². The number of thiophene rings is 1. The molecule has 1 aliphatic rings. The van der Waals surface area contributed by atoms with Crippen molar-refractivity contribution in [1.82, 2.24) is 0 Å². The highest BCUT2D eigenvalue weighted by molar-refractivity contribution is 8.00. The summed E-state index contributed by atoms with van der Waals surface area (Å²) in [6, 6.07) is 14.7. The Balaban J connectivity index is 1.39. The van der Waals surface area contributed by atoms with E-state index in [1.165, 1.54) is 52.2 Å². The first-order valence-electron chi connectivity index (χ1n) is 11.0. The molecule has 178 valence electrons. The Labute approximate surface area is 210 Å². The third kappa shape index (κ3) is 5.70. The van der Waals surface area contributed by atoms with E-state index in [1.807, 2.05) is 6.07 Å². The summed E-state index contributed by atoms with van der Waals surface area (Å²) in [7, 11) is 0. The number of carbonyl (C=O) groups excluding carboxylic acids is 2. The molecule has 0 saturated heterocycles. The van der Waals surface area contributed by atoms with Crippen molar-refractivity contribution >= 4 is 51.3 Å². The standard InChI is InChI=1S/C25H22N4O4S2/c1-15(23(30)28-25-21(14-26)20-7-2-3-8-22(20)35-25)34-19-6-4-5-17(13-19)27-24(31)16-9-11-18(12-10-16)29(32)33/h4-6,9-13,15H,2-3,7-8H2,1H3,(H,27,31)(H,28,30). The summed E-state index contributed by atoms with van der Waals surface area (Å²) in [6.45, 7) is 1.79. The second kappa shape index (κ2) is 10.7. The molecule has 1 aliphatic carbocycles. The number of carbonyl (C=O) groups is 2. The Morgan fingerprint density at radius 1 is 1.14 bits per heavy atom. The van der Waals surface area contributed by atoms with E-state index in [4.69, 9.17) is 0 Å². The number of rotatable bonds is 7. The molecule has 0 fully saturated rings. The number of hydrogen-bond donors (Lipinski definition) is 2. The van der Waals surface area contributed by atoms with Crippen LogP contribution < -0.4 is 10.6 Å². The molecule has 1 atom stereocenters. The Morgan fingerprint density at radius 3 is 2.60 bits per heavy atom. The van der Waals surface area contributed by atoms with Gasteiger partial charge in [0.1, 0.15) is 11.1 Å². The molecule has 0 saturated carbocycles. The maximum absolute atomic E-state index is 12.9. The van der Waals surface area contributed by atoms with Crippen LogP contribution in [0.1, 0.15) is 46.1 Å². The van der Waals surface area contributed by atoms with Crippen molar-refractivity contribution in [3.05, 3.63) is 80.2 Å². The number of benzene rings is 2. The van der Waals surface area contributed by atoms with E-state index in [9.17, 15) is 25.0 Å². The highest BCUT2D eigenvalue weighted by atomic mass is 32.2. The average molecular weight is 507 g/mol. The lowest BCUT2D eigenvalue weighted by Crippen LogP contribution is -2.22. The molecule has 10 heteroatoms. The van der Waals surface area contributed by atoms with Gasteiger partial charge in [0.25, 0.3) is 11.6 Å². The number of aryl methyl sites for hydroxylation is 1. The molecule has 3 aromatic rings. The second-order valence-corrected chi connectivity index (χ2v) is 10.6. The van der Waals surface area contributed by atoms with Crippen molar-refractivity contribution in [3.63, 3.8) is 0 Å². The highest BCUT2D eigenvalue weighted by Gasteiger charge is 2.23. The van der Waals surface area contributed by atoms with Crippen molar-refractivity contribution < 1.29 is 14.5 Å². The number of nitrogens with one attached hydrogen (secondary N) is 2. The van der Waals surface area contributed by atoms with Crippen LogP contribution in [-0.2, 0) is 17.6 Å². The van der Waals surface area contributed by atoms with E-state index in [0.29, 0.717) is 21.8 Å². The van der Waals surface area contributed by atoms with Gasteiger partial charge in [-0.2, -0.15) is 5.26 Å². The van der Waals surface area contributed by atoms with E-state index >= 15 is 0 Å². The summed E-state index contributed by atoms with van der Waals surface area (Å²) in [5.74, 6) is -0.580. The summed E-state index contributed by atoms with van der Waals surface area (Å²) < 4.78 is 0. The SMILES string of the molecule is CC(Sc1cccc(NC(=O)c2ccc([N+](=O)[O-])cc2)c1)C(=O)Nc1sc2c(c1C#N)CCCC2. The molecule has 0 aliphatic heterocycles. The van der Waals surface area contributed by atoms with E-state index in [2.05, 4.69) is 16.7 Å². The molecule has 0 spiro atoms. The molecule has 1 heterocycles. The van der Waals surface area contributed by atoms with Gasteiger partial charge >= 0.3 is 0 Å². The zero-order valence-electron chi connectivity index (χ0n) is 18.9. The molecule has 2 aromatic carbocycles. The van der Waals surface area contributed by atoms with Gasteiger partial charge in [-0.25, -0.2) is 0 Å². The topological polar surface area (TPSA) is 125 Å². The van der Waals surface area contributed by atoms with Crippen LogP contribution in [0.3, 0.4) is 0 Å². The molecular formula is C25H22N4O4S2. The van der Waals surface area contributed by atoms with Gasteiger partial charge in [0.2, 0.25) is 5.91 Å². The Kier molecular flexibility index (Phi) is 7.48. The highest BCUT2D eigenvalue weighted by Crippen LogP contribution is 2.38. The first kappa shape index (κ1) is 24.4. The Hall–Kier alpha value is -3.68. The zero-order valence-corrected chi connectivity index (χ0v) is 20.5. The lowest BCUT2D eigenvalue weighted by molar-refractivity contribution is -0.384. The lowest BCUT2D eigenvalue weighted by atomic mass is 9.96. The number of fused-ring (bicyclic) bond motifs is 1. The molecule has 2 amide bonds. The number of nitriles is 1. The summed E-state index contributed by atoms with van der Waals surface area (Å²) in [4.78, 5) is 37.6. The minimum absolute atomic E-state index is 0.0863. The second-order valence-electron chi connectivity index (χ2n) is 8.06. The third-order valence-electron chi connectivity index (χ3n) is 5.63. The summed E-state index contributed by atoms with van der Waals surface area (Å²) in [5, 5.41) is 26.3. The first-order valence-corrected chi connectivity index (χ1v) is 12.7. The van der Waals surface area contributed by atoms with Crippen LogP contribution in [0.4, 0.5) is 16.4 Å². The van der Waals surface area contributed by atoms with E-state index < -0.39 is 16.1 Å². The van der Waals surface area contributed by atoms with Crippen LogP contribution in [0.25, 0.3) is 0 Å². The number of nitro groups is 1. The van der Waals surface area contributed by atoms with Crippen LogP contribution in [-0.4, -0.2) is 22.0 Å². The number of anilines is 2. The predicted octanol–water partition coefficient (Wildman–Crippen LogP) is 5.78. The maximum atomic E-state index is 12.9. The van der Waals surface area contributed by atoms with Gasteiger partial charge in [-0.15, -0.1) is 23.1 Å². The van der Waals surface area contributed by atoms with Crippen molar-refractivity contribution in [2.45, 2.75) is 42.8 Å². The average Bonchev–Trinajstić information content (AvgIpc) is 3.21. The van der Waals surface area contributed by atoms with Crippen LogP contribution in [0.5, 0.6) is 0 Å². The fourth-order valence-electron chi connectivity index (χ4n) is 3.83. The van der Waals surface area contributed by atoms with Gasteiger partial charge in [-0.3, -0.25) is 19.7 Å². The monoisotopic (exact) mass is 506 g/mol. The molecule has 35 heavy (non-hydrogen) atoms. The van der Waals surface area contributed by atoms with Crippen LogP contribution >= 0.6 is 23.1 Å². The van der Waals surface area contributed by atoms with Gasteiger partial charge < -0.3 is 10.6 Å². The largest absolute Gasteiger partial charge is 0.322 e. The summed E-state index contributed by atoms with van der Waals surface area (Å²) in [5.41, 5.74) is 2.43. The Bertz CT molecular complexity index is 1330. The van der Waals surface area contributed by atoms with Gasteiger partial charge in [0.15, 0.2) is 0 Å². The maximum Gasteiger partial charge on any atom is 0.269 e. The molecule has 1 aromatic heterocycles. The molecule has 1 unspecified atom stereocenters. The third-order valence-corrected chi connectivity index (χ3v) is 7.94. The van der Waals surface area contributed by atoms with Crippen molar-refractivity contribution in [2.75, 3.05) is 10.6 Å². The molecule has 0 bridgehead atoms. The fraction of sp³-hybridized carbons (Fsp3) is 0.240. The number of thioether (sulfide) groups is 1. The van der Waals surface area contributed by atoms with E-state index in [0.717, 1.165) is 36.1 Å². The van der Waals surface area contributed by atoms with Crippen LogP contribution in [0.2, 0.25) is 0 Å². The molecule has 8 nitrogen and oxygen atoms in total. The molecule has 0 radical (unpaired) electrons. The van der Waals surface area contributed by atoms with Crippen molar-refractivity contribution in [3.8, 4) is 6.07 Å². The van der Waals surface area contributed by atoms with E-state index in [1.54, 1.807) is 25.1 Å². The van der Waals surface area contributed by atoms with Gasteiger partial charge in [0, 0.05) is 33.2 Å². The lowest BCUT2D eigenvalue weighted by Gasteiger charge is -2.13. The number of non-ortho nitro benzene ring substituents is 1. The smallest absolute Gasteiger partial charge is 0.269 e. The fourth-order valence-corrected chi connectivity index (χ4v) is 6.00. The summed E-state index contributed by atoms with van der Waals surface area (Å²) >= 11 is 2.84. The minimum atomic E-state index is -0.520. The van der Waals surface area contributed by atoms with Gasteiger partial charge in [-0.05, 0) is 68.5 Å². The van der Waals surface area contributed by atoms with Crippen molar-refractivity contribution in [1.29, 1.82) is 5.26 Å². The number of hydrogen-bond acceptors (Lipinski definition) is 7. The predicted molar refractivity (Wildman–Crippen MR) is 137 cm³/mol. The molecule has 2 N–H and O–H groups in total. The van der Waals surface area contributed by atoms with E-state index in [-0.39, 0.29) is 11.6 Å². The Morgan fingerprint density at radius 2 is 1.89 bits per heavy atom. The zero-order chi connectivity index (χ0) is 24.9. The number of nitro benzene ring substituents is 1. The van der Waals surface area contributed by atoms with Crippen LogP contribution in [0, 0.1) is 21.4 Å². The first-order chi connectivity index (χ1) is 16.9. The normalized spacial score (nSPS) is 13.3. The molecule has 4 rings (SSSR count). The molecular weight excluding hydrogens is 484 g/mol.